The van der Waals surface area contributed by atoms with E-state index in [1.807, 2.05) is 31.4 Å². The van der Waals surface area contributed by atoms with Crippen LogP contribution >= 0.6 is 0 Å². The van der Waals surface area contributed by atoms with Gasteiger partial charge in [-0.15, -0.1) is 0 Å². The highest BCUT2D eigenvalue weighted by Crippen LogP contribution is 2.38. The first-order valence-electron chi connectivity index (χ1n) is 11.7. The van der Waals surface area contributed by atoms with Gasteiger partial charge in [-0.25, -0.2) is 29.9 Å². The second kappa shape index (κ2) is 8.14. The van der Waals surface area contributed by atoms with E-state index in [1.165, 1.54) is 6.33 Å². The van der Waals surface area contributed by atoms with Gasteiger partial charge in [0, 0.05) is 48.9 Å². The molecule has 0 saturated carbocycles. The Kier molecular flexibility index (Phi) is 5.04. The van der Waals surface area contributed by atoms with Crippen LogP contribution in [0.1, 0.15) is 31.7 Å². The Balaban J connectivity index is 1.47. The molecular formula is C24H25N9O2. The van der Waals surface area contributed by atoms with Gasteiger partial charge < -0.3 is 14.6 Å². The number of pyridine rings is 1. The Morgan fingerprint density at radius 3 is 2.71 bits per heavy atom. The summed E-state index contributed by atoms with van der Waals surface area (Å²) in [6, 6.07) is 2.07. The number of imidazole rings is 1. The van der Waals surface area contributed by atoms with E-state index in [-0.39, 0.29) is 11.9 Å². The number of hydrogen-bond acceptors (Lipinski definition) is 9. The lowest BCUT2D eigenvalue weighted by Crippen LogP contribution is -2.50. The van der Waals surface area contributed by atoms with Crippen molar-refractivity contribution < 1.29 is 9.53 Å². The first-order chi connectivity index (χ1) is 17.0. The average Bonchev–Trinajstić information content (AvgIpc) is 3.57. The Morgan fingerprint density at radius 2 is 1.97 bits per heavy atom. The maximum atomic E-state index is 13.0. The van der Waals surface area contributed by atoms with Crippen molar-refractivity contribution in [1.82, 2.24) is 39.8 Å². The van der Waals surface area contributed by atoms with E-state index in [1.54, 1.807) is 18.6 Å². The monoisotopic (exact) mass is 471 g/mol. The second-order valence-corrected chi connectivity index (χ2v) is 9.00. The van der Waals surface area contributed by atoms with Gasteiger partial charge >= 0.3 is 0 Å². The fraction of sp³-hybridized carbons (Fsp3) is 0.375. The van der Waals surface area contributed by atoms with Gasteiger partial charge in [-0.3, -0.25) is 10.1 Å². The zero-order chi connectivity index (χ0) is 24.2. The molecule has 1 fully saturated rings. The third-order valence-electron chi connectivity index (χ3n) is 6.70. The molecule has 6 heterocycles. The number of aryl methyl sites for hydroxylation is 2. The normalized spacial score (nSPS) is 21.5. The van der Waals surface area contributed by atoms with Crippen molar-refractivity contribution in [3.05, 3.63) is 42.4 Å². The minimum absolute atomic E-state index is 0.102. The molecule has 4 aromatic heterocycles. The highest BCUT2D eigenvalue weighted by molar-refractivity contribution is 6.05. The smallest absolute Gasteiger partial charge is 0.250 e. The summed E-state index contributed by atoms with van der Waals surface area (Å²) in [6.07, 6.45) is 7.63. The zero-order valence-electron chi connectivity index (χ0n) is 19.7. The molecule has 178 valence electrons. The Labute approximate surface area is 201 Å². The summed E-state index contributed by atoms with van der Waals surface area (Å²) in [5, 5.41) is 6.39. The van der Waals surface area contributed by atoms with E-state index in [0.29, 0.717) is 48.3 Å². The number of anilines is 1. The van der Waals surface area contributed by atoms with Crippen LogP contribution in [0.3, 0.4) is 0 Å². The Hall–Kier alpha value is -3.83. The molecular weight excluding hydrogens is 446 g/mol. The van der Waals surface area contributed by atoms with Crippen LogP contribution in [0, 0.1) is 6.92 Å². The van der Waals surface area contributed by atoms with Crippen molar-refractivity contribution in [1.29, 1.82) is 0 Å². The molecule has 6 rings (SSSR count). The zero-order valence-corrected chi connectivity index (χ0v) is 19.7. The molecule has 0 aromatic carbocycles. The van der Waals surface area contributed by atoms with Crippen molar-refractivity contribution in [2.75, 3.05) is 18.5 Å². The highest BCUT2D eigenvalue weighted by Gasteiger charge is 2.45. The molecule has 1 amide bonds. The van der Waals surface area contributed by atoms with Crippen LogP contribution in [0.4, 0.5) is 5.82 Å². The molecule has 11 heteroatoms. The van der Waals surface area contributed by atoms with Crippen molar-refractivity contribution in [3.63, 3.8) is 0 Å². The number of ether oxygens (including phenoxy) is 1. The number of fused-ring (bicyclic) bond motifs is 2. The maximum Gasteiger partial charge on any atom is 0.250 e. The van der Waals surface area contributed by atoms with Gasteiger partial charge in [-0.05, 0) is 33.3 Å². The first kappa shape index (κ1) is 21.7. The molecule has 2 N–H and O–H groups in total. The number of carbonyl (C=O) groups is 1. The minimum Gasteiger partial charge on any atom is -0.380 e. The fourth-order valence-corrected chi connectivity index (χ4v) is 4.81. The lowest BCUT2D eigenvalue weighted by atomic mass is 9.92. The summed E-state index contributed by atoms with van der Waals surface area (Å²) in [5.74, 6) is 1.84. The third-order valence-corrected chi connectivity index (χ3v) is 6.70. The van der Waals surface area contributed by atoms with Gasteiger partial charge in [0.1, 0.15) is 40.5 Å². The number of amides is 1. The standard InChI is InChI=1S/C24H25N9O2/c1-4-33-21(15-9-25-13(2)26-10-15)30-19-18(28-12-29-22(19)33)14-7-17-20(27-8-14)31-23(34)24(17,3)32-16-5-6-35-11-16/h7-10,12,16,32H,4-6,11H2,1-3H3,(H,27,31,34)/t16-,24?/m0/s1. The lowest BCUT2D eigenvalue weighted by molar-refractivity contribution is -0.121. The molecule has 1 saturated heterocycles. The quantitative estimate of drug-likeness (QED) is 0.449. The number of nitrogens with one attached hydrogen (secondary N) is 2. The average molecular weight is 472 g/mol. The van der Waals surface area contributed by atoms with Gasteiger partial charge in [-0.2, -0.15) is 0 Å². The molecule has 2 atom stereocenters. The summed E-state index contributed by atoms with van der Waals surface area (Å²) >= 11 is 0. The Morgan fingerprint density at radius 1 is 1.17 bits per heavy atom. The molecule has 35 heavy (non-hydrogen) atoms. The molecule has 2 aliphatic heterocycles. The molecule has 0 radical (unpaired) electrons. The van der Waals surface area contributed by atoms with Crippen LogP contribution in [0.25, 0.3) is 33.8 Å². The topological polar surface area (TPSA) is 133 Å². The van der Waals surface area contributed by atoms with E-state index in [9.17, 15) is 4.79 Å². The van der Waals surface area contributed by atoms with Crippen LogP contribution in [-0.2, 0) is 21.6 Å². The van der Waals surface area contributed by atoms with Crippen LogP contribution in [-0.4, -0.2) is 59.6 Å². The van der Waals surface area contributed by atoms with E-state index < -0.39 is 5.54 Å². The Bertz CT molecular complexity index is 1440. The molecule has 0 bridgehead atoms. The van der Waals surface area contributed by atoms with E-state index in [2.05, 4.69) is 35.6 Å². The molecule has 2 aliphatic rings. The van der Waals surface area contributed by atoms with Gasteiger partial charge in [0.25, 0.3) is 0 Å². The molecule has 0 spiro atoms. The molecule has 11 nitrogen and oxygen atoms in total. The van der Waals surface area contributed by atoms with Crippen molar-refractivity contribution >= 4 is 22.9 Å². The summed E-state index contributed by atoms with van der Waals surface area (Å²) < 4.78 is 7.52. The minimum atomic E-state index is -0.921. The maximum absolute atomic E-state index is 13.0. The number of rotatable bonds is 5. The number of hydrogen-bond donors (Lipinski definition) is 2. The van der Waals surface area contributed by atoms with Gasteiger partial charge in [-0.1, -0.05) is 0 Å². The predicted octanol–water partition coefficient (Wildman–Crippen LogP) is 2.22. The first-order valence-corrected chi connectivity index (χ1v) is 11.7. The summed E-state index contributed by atoms with van der Waals surface area (Å²) in [7, 11) is 0. The van der Waals surface area contributed by atoms with Crippen LogP contribution < -0.4 is 10.6 Å². The van der Waals surface area contributed by atoms with Crippen molar-refractivity contribution in [2.45, 2.75) is 45.3 Å². The SMILES string of the molecule is CCn1c(-c2cnc(C)nc2)nc2c(-c3cnc4c(c3)C(C)(N[C@H]3CCOC3)C(=O)N4)ncnc21. The van der Waals surface area contributed by atoms with Crippen LogP contribution in [0.5, 0.6) is 0 Å². The molecule has 4 aromatic rings. The van der Waals surface area contributed by atoms with Crippen LogP contribution in [0.15, 0.2) is 31.0 Å². The number of nitrogens with zero attached hydrogens (tertiary/aromatic N) is 7. The van der Waals surface area contributed by atoms with Crippen molar-refractivity contribution in [2.24, 2.45) is 0 Å². The van der Waals surface area contributed by atoms with Gasteiger partial charge in [0.2, 0.25) is 5.91 Å². The summed E-state index contributed by atoms with van der Waals surface area (Å²) in [5.41, 5.74) is 3.44. The predicted molar refractivity (Wildman–Crippen MR) is 128 cm³/mol. The number of carbonyl (C=O) groups excluding carboxylic acids is 1. The van der Waals surface area contributed by atoms with E-state index in [4.69, 9.17) is 9.72 Å². The van der Waals surface area contributed by atoms with Crippen LogP contribution in [0.2, 0.25) is 0 Å². The summed E-state index contributed by atoms with van der Waals surface area (Å²) in [4.78, 5) is 40.2. The van der Waals surface area contributed by atoms with Gasteiger partial charge in [0.15, 0.2) is 5.65 Å². The fourth-order valence-electron chi connectivity index (χ4n) is 4.81. The summed E-state index contributed by atoms with van der Waals surface area (Å²) in [6.45, 7) is 7.71. The molecule has 0 aliphatic carbocycles. The van der Waals surface area contributed by atoms with E-state index in [0.717, 1.165) is 28.9 Å². The largest absolute Gasteiger partial charge is 0.380 e. The number of aromatic nitrogens is 7. The third kappa shape index (κ3) is 3.46. The second-order valence-electron chi connectivity index (χ2n) is 9.00. The van der Waals surface area contributed by atoms with Crippen molar-refractivity contribution in [3.8, 4) is 22.6 Å². The van der Waals surface area contributed by atoms with Gasteiger partial charge in [0.05, 0.1) is 12.2 Å². The lowest BCUT2D eigenvalue weighted by Gasteiger charge is -2.27. The highest BCUT2D eigenvalue weighted by atomic mass is 16.5. The molecule has 1 unspecified atom stereocenters. The van der Waals surface area contributed by atoms with E-state index >= 15 is 0 Å².